The van der Waals surface area contributed by atoms with E-state index in [1.54, 1.807) is 11.8 Å². The van der Waals surface area contributed by atoms with Crippen LogP contribution in [0.15, 0.2) is 108 Å². The standard InChI is InChI=1S/C31H24BrN3O2/c1-19(30(36)33-22-13-9-12-21(32)18-22)35-29(23-14-5-6-15-24(23)31(35)37)27-25-16-7-8-17-26(25)34-28(27)20-10-3-2-4-11-20/h2-19,29,34H,1H3,(H,33,36). The van der Waals surface area contributed by atoms with E-state index >= 15 is 0 Å². The molecule has 37 heavy (non-hydrogen) atoms. The van der Waals surface area contributed by atoms with Gasteiger partial charge in [-0.3, -0.25) is 9.59 Å². The van der Waals surface area contributed by atoms with Gasteiger partial charge in [0.2, 0.25) is 5.91 Å². The van der Waals surface area contributed by atoms with E-state index in [1.807, 2.05) is 84.9 Å². The number of halogens is 1. The predicted octanol–water partition coefficient (Wildman–Crippen LogP) is 7.17. The van der Waals surface area contributed by atoms with Gasteiger partial charge in [0.05, 0.1) is 11.7 Å². The predicted molar refractivity (Wildman–Crippen MR) is 150 cm³/mol. The fraction of sp³-hybridized carbons (Fsp3) is 0.0968. The third-order valence-corrected chi connectivity index (χ3v) is 7.46. The molecule has 5 nitrogen and oxygen atoms in total. The second kappa shape index (κ2) is 9.37. The second-order valence-corrected chi connectivity index (χ2v) is 10.1. The Morgan fingerprint density at radius 3 is 2.46 bits per heavy atom. The van der Waals surface area contributed by atoms with Crippen LogP contribution in [-0.2, 0) is 4.79 Å². The van der Waals surface area contributed by atoms with Crippen molar-refractivity contribution in [3.63, 3.8) is 0 Å². The summed E-state index contributed by atoms with van der Waals surface area (Å²) in [6.07, 6.45) is 0. The van der Waals surface area contributed by atoms with Crippen LogP contribution in [0.1, 0.15) is 34.5 Å². The first-order valence-corrected chi connectivity index (χ1v) is 13.0. The molecule has 2 amide bonds. The van der Waals surface area contributed by atoms with Crippen molar-refractivity contribution in [2.75, 3.05) is 5.32 Å². The molecule has 1 aromatic heterocycles. The minimum Gasteiger partial charge on any atom is -0.354 e. The number of aromatic nitrogens is 1. The number of amides is 2. The van der Waals surface area contributed by atoms with Gasteiger partial charge >= 0.3 is 0 Å². The molecule has 0 radical (unpaired) electrons. The van der Waals surface area contributed by atoms with Gasteiger partial charge in [0, 0.05) is 32.2 Å². The molecule has 1 aliphatic heterocycles. The largest absolute Gasteiger partial charge is 0.354 e. The van der Waals surface area contributed by atoms with E-state index in [1.165, 1.54) is 0 Å². The number of fused-ring (bicyclic) bond motifs is 2. The van der Waals surface area contributed by atoms with Gasteiger partial charge in [-0.2, -0.15) is 0 Å². The summed E-state index contributed by atoms with van der Waals surface area (Å²) in [4.78, 5) is 32.7. The van der Waals surface area contributed by atoms with Gasteiger partial charge in [0.1, 0.15) is 6.04 Å². The van der Waals surface area contributed by atoms with Crippen LogP contribution in [0.5, 0.6) is 0 Å². The molecule has 0 spiro atoms. The smallest absolute Gasteiger partial charge is 0.255 e. The molecule has 6 heteroatoms. The number of H-pyrrole nitrogens is 1. The lowest BCUT2D eigenvalue weighted by Crippen LogP contribution is -2.44. The number of anilines is 1. The van der Waals surface area contributed by atoms with Crippen molar-refractivity contribution in [2.24, 2.45) is 0 Å². The van der Waals surface area contributed by atoms with Crippen molar-refractivity contribution in [3.05, 3.63) is 124 Å². The Hall–Kier alpha value is -4.16. The van der Waals surface area contributed by atoms with Crippen LogP contribution in [0.4, 0.5) is 5.69 Å². The molecule has 0 bridgehead atoms. The lowest BCUT2D eigenvalue weighted by atomic mass is 9.92. The number of aromatic amines is 1. The molecule has 0 fully saturated rings. The SMILES string of the molecule is CC(C(=O)Nc1cccc(Br)c1)N1C(=O)c2ccccc2C1c1c(-c2ccccc2)[nH]c2ccccc12. The maximum atomic E-state index is 13.9. The summed E-state index contributed by atoms with van der Waals surface area (Å²) in [5.74, 6) is -0.396. The van der Waals surface area contributed by atoms with Gasteiger partial charge in [-0.05, 0) is 48.4 Å². The van der Waals surface area contributed by atoms with Crippen molar-refractivity contribution >= 4 is 44.3 Å². The van der Waals surface area contributed by atoms with E-state index in [-0.39, 0.29) is 11.8 Å². The first-order valence-electron chi connectivity index (χ1n) is 12.2. The average Bonchev–Trinajstić information content (AvgIpc) is 3.44. The number of para-hydroxylation sites is 1. The van der Waals surface area contributed by atoms with Crippen LogP contribution in [-0.4, -0.2) is 27.7 Å². The monoisotopic (exact) mass is 549 g/mol. The molecule has 6 rings (SSSR count). The van der Waals surface area contributed by atoms with Gasteiger partial charge in [-0.1, -0.05) is 88.7 Å². The topological polar surface area (TPSA) is 65.2 Å². The molecule has 0 aliphatic carbocycles. The number of carbonyl (C=O) groups is 2. The van der Waals surface area contributed by atoms with E-state index in [0.717, 1.165) is 37.8 Å². The minimum absolute atomic E-state index is 0.151. The van der Waals surface area contributed by atoms with Gasteiger partial charge in [-0.15, -0.1) is 0 Å². The summed E-state index contributed by atoms with van der Waals surface area (Å²) in [6.45, 7) is 1.79. The number of rotatable bonds is 5. The van der Waals surface area contributed by atoms with Gasteiger partial charge in [0.25, 0.3) is 5.91 Å². The van der Waals surface area contributed by atoms with Crippen LogP contribution in [0, 0.1) is 0 Å². The van der Waals surface area contributed by atoms with Crippen molar-refractivity contribution in [1.82, 2.24) is 9.88 Å². The fourth-order valence-corrected chi connectivity index (χ4v) is 5.65. The number of hydrogen-bond acceptors (Lipinski definition) is 2. The molecule has 0 saturated heterocycles. The van der Waals surface area contributed by atoms with Gasteiger partial charge in [0.15, 0.2) is 0 Å². The molecule has 2 unspecified atom stereocenters. The van der Waals surface area contributed by atoms with Crippen LogP contribution < -0.4 is 5.32 Å². The average molecular weight is 550 g/mol. The normalized spacial score (nSPS) is 15.6. The zero-order chi connectivity index (χ0) is 25.5. The van der Waals surface area contributed by atoms with Crippen molar-refractivity contribution in [1.29, 1.82) is 0 Å². The Labute approximate surface area is 223 Å². The van der Waals surface area contributed by atoms with Crippen LogP contribution in [0.2, 0.25) is 0 Å². The Bertz CT molecular complexity index is 1640. The third-order valence-electron chi connectivity index (χ3n) is 6.97. The maximum absolute atomic E-state index is 13.9. The van der Waals surface area contributed by atoms with Crippen molar-refractivity contribution in [3.8, 4) is 11.3 Å². The summed E-state index contributed by atoms with van der Waals surface area (Å²) in [5.41, 5.74) is 6.14. The fourth-order valence-electron chi connectivity index (χ4n) is 5.25. The molecule has 182 valence electrons. The summed E-state index contributed by atoms with van der Waals surface area (Å²) in [6, 6.07) is 32.2. The highest BCUT2D eigenvalue weighted by atomic mass is 79.9. The minimum atomic E-state index is -0.721. The van der Waals surface area contributed by atoms with Crippen LogP contribution in [0.25, 0.3) is 22.2 Å². The molecule has 2 heterocycles. The zero-order valence-corrected chi connectivity index (χ0v) is 21.7. The molecule has 2 atom stereocenters. The summed E-state index contributed by atoms with van der Waals surface area (Å²) >= 11 is 3.45. The number of nitrogens with zero attached hydrogens (tertiary/aromatic N) is 1. The van der Waals surface area contributed by atoms with E-state index in [2.05, 4.69) is 44.4 Å². The molecule has 5 aromatic rings. The second-order valence-electron chi connectivity index (χ2n) is 9.20. The molecule has 4 aromatic carbocycles. The number of hydrogen-bond donors (Lipinski definition) is 2. The number of carbonyl (C=O) groups excluding carboxylic acids is 2. The summed E-state index contributed by atoms with van der Waals surface area (Å²) in [5, 5.41) is 4.01. The Kier molecular flexibility index (Phi) is 5.89. The number of nitrogens with one attached hydrogen (secondary N) is 2. The molecular formula is C31H24BrN3O2. The molecule has 1 aliphatic rings. The first kappa shape index (κ1) is 23.3. The Morgan fingerprint density at radius 2 is 1.65 bits per heavy atom. The highest BCUT2D eigenvalue weighted by Crippen LogP contribution is 2.46. The van der Waals surface area contributed by atoms with E-state index in [4.69, 9.17) is 0 Å². The summed E-state index contributed by atoms with van der Waals surface area (Å²) in [7, 11) is 0. The third kappa shape index (κ3) is 4.03. The van der Waals surface area contributed by atoms with E-state index in [9.17, 15) is 9.59 Å². The molecular weight excluding hydrogens is 526 g/mol. The zero-order valence-electron chi connectivity index (χ0n) is 20.1. The first-order chi connectivity index (χ1) is 18.0. The lowest BCUT2D eigenvalue weighted by Gasteiger charge is -2.31. The Balaban J connectivity index is 1.51. The van der Waals surface area contributed by atoms with Crippen molar-refractivity contribution in [2.45, 2.75) is 19.0 Å². The highest BCUT2D eigenvalue weighted by Gasteiger charge is 2.44. The number of benzene rings is 4. The van der Waals surface area contributed by atoms with E-state index < -0.39 is 12.1 Å². The Morgan fingerprint density at radius 1 is 0.919 bits per heavy atom. The van der Waals surface area contributed by atoms with Crippen molar-refractivity contribution < 1.29 is 9.59 Å². The molecule has 0 saturated carbocycles. The summed E-state index contributed by atoms with van der Waals surface area (Å²) < 4.78 is 0.867. The van der Waals surface area contributed by atoms with Gasteiger partial charge in [-0.25, -0.2) is 0 Å². The lowest BCUT2D eigenvalue weighted by molar-refractivity contribution is -0.120. The van der Waals surface area contributed by atoms with Crippen LogP contribution in [0.3, 0.4) is 0 Å². The quantitative estimate of drug-likeness (QED) is 0.244. The molecule has 2 N–H and O–H groups in total. The van der Waals surface area contributed by atoms with E-state index in [0.29, 0.717) is 11.3 Å². The maximum Gasteiger partial charge on any atom is 0.255 e. The van der Waals surface area contributed by atoms with Gasteiger partial charge < -0.3 is 15.2 Å². The van der Waals surface area contributed by atoms with Crippen LogP contribution >= 0.6 is 15.9 Å². The highest BCUT2D eigenvalue weighted by molar-refractivity contribution is 9.10.